The topological polar surface area (TPSA) is 81.5 Å². The average molecular weight is 465 g/mol. The van der Waals surface area contributed by atoms with Crippen LogP contribution in [0.25, 0.3) is 11.0 Å². The number of anilines is 2. The van der Waals surface area contributed by atoms with E-state index in [2.05, 4.69) is 4.90 Å². The minimum Gasteiger partial charge on any atom is -0.495 e. The Hall–Kier alpha value is -3.52. The molecule has 0 saturated carbocycles. The smallest absolute Gasteiger partial charge is 0.308 e. The summed E-state index contributed by atoms with van der Waals surface area (Å²) in [6, 6.07) is 12.8. The van der Waals surface area contributed by atoms with E-state index in [9.17, 15) is 9.59 Å². The van der Waals surface area contributed by atoms with E-state index in [1.807, 2.05) is 35.2 Å². The largest absolute Gasteiger partial charge is 0.495 e. The zero-order valence-electron chi connectivity index (χ0n) is 19.4. The van der Waals surface area contributed by atoms with Gasteiger partial charge in [-0.05, 0) is 37.1 Å². The molecule has 1 aromatic heterocycles. The molecule has 5 rings (SSSR count). The molecule has 1 atom stereocenters. The van der Waals surface area contributed by atoms with Gasteiger partial charge in [-0.1, -0.05) is 12.1 Å². The van der Waals surface area contributed by atoms with Crippen LogP contribution in [0.2, 0.25) is 0 Å². The van der Waals surface area contributed by atoms with E-state index in [4.69, 9.17) is 18.6 Å². The van der Waals surface area contributed by atoms with Crippen LogP contribution >= 0.6 is 0 Å². The third-order valence-electron chi connectivity index (χ3n) is 6.41. The summed E-state index contributed by atoms with van der Waals surface area (Å²) in [7, 11) is 1.66. The summed E-state index contributed by atoms with van der Waals surface area (Å²) in [5.74, 6) is 1.22. The molecule has 3 aromatic rings. The number of hydrogen-bond donors (Lipinski definition) is 0. The zero-order chi connectivity index (χ0) is 23.7. The van der Waals surface area contributed by atoms with Gasteiger partial charge in [-0.3, -0.25) is 9.59 Å². The highest BCUT2D eigenvalue weighted by atomic mass is 16.5. The number of fused-ring (bicyclic) bond motifs is 1. The average Bonchev–Trinajstić information content (AvgIpc) is 3.33. The van der Waals surface area contributed by atoms with E-state index in [-0.39, 0.29) is 11.5 Å². The number of ether oxygens (including phenoxy) is 3. The van der Waals surface area contributed by atoms with E-state index in [1.54, 1.807) is 13.2 Å². The predicted molar refractivity (Wildman–Crippen MR) is 129 cm³/mol. The third-order valence-corrected chi connectivity index (χ3v) is 6.41. The van der Waals surface area contributed by atoms with Crippen molar-refractivity contribution in [1.82, 2.24) is 0 Å². The minimum absolute atomic E-state index is 0.0719. The molecule has 0 N–H and O–H groups in total. The number of hydrogen-bond acceptors (Lipinski definition) is 8. The lowest BCUT2D eigenvalue weighted by molar-refractivity contribution is -0.131. The Kier molecular flexibility index (Phi) is 6.15. The number of benzene rings is 2. The van der Waals surface area contributed by atoms with Crippen LogP contribution in [-0.2, 0) is 9.53 Å². The number of morpholine rings is 1. The summed E-state index contributed by atoms with van der Waals surface area (Å²) >= 11 is 0. The van der Waals surface area contributed by atoms with E-state index >= 15 is 0 Å². The number of carbonyl (C=O) groups is 1. The van der Waals surface area contributed by atoms with Gasteiger partial charge in [0.2, 0.25) is 0 Å². The van der Waals surface area contributed by atoms with Crippen molar-refractivity contribution in [1.29, 1.82) is 0 Å². The molecule has 2 aromatic carbocycles. The summed E-state index contributed by atoms with van der Waals surface area (Å²) in [5.41, 5.74) is 2.16. The molecule has 2 aliphatic rings. The molecule has 178 valence electrons. The maximum atomic E-state index is 13.2. The van der Waals surface area contributed by atoms with E-state index in [1.165, 1.54) is 13.0 Å². The summed E-state index contributed by atoms with van der Waals surface area (Å²) in [5, 5.41) is 0.401. The Morgan fingerprint density at radius 2 is 1.88 bits per heavy atom. The lowest BCUT2D eigenvalue weighted by atomic mass is 10.00. The molecular formula is C26H28N2O6. The lowest BCUT2D eigenvalue weighted by Crippen LogP contribution is -2.36. The Bertz CT molecular complexity index is 1260. The van der Waals surface area contributed by atoms with Crippen molar-refractivity contribution >= 4 is 28.5 Å². The molecule has 34 heavy (non-hydrogen) atoms. The van der Waals surface area contributed by atoms with Gasteiger partial charge in [0, 0.05) is 38.2 Å². The molecule has 8 nitrogen and oxygen atoms in total. The van der Waals surface area contributed by atoms with Gasteiger partial charge >= 0.3 is 5.97 Å². The van der Waals surface area contributed by atoms with Crippen LogP contribution in [0.3, 0.4) is 0 Å². The van der Waals surface area contributed by atoms with Crippen molar-refractivity contribution in [2.45, 2.75) is 25.8 Å². The molecular weight excluding hydrogens is 436 g/mol. The highest BCUT2D eigenvalue weighted by molar-refractivity contribution is 5.85. The normalized spacial score (nSPS) is 18.4. The third kappa shape index (κ3) is 4.21. The quantitative estimate of drug-likeness (QED) is 0.415. The van der Waals surface area contributed by atoms with Crippen LogP contribution in [0.1, 0.15) is 31.4 Å². The number of nitrogens with zero attached hydrogens (tertiary/aromatic N) is 2. The van der Waals surface area contributed by atoms with Gasteiger partial charge in [0.25, 0.3) is 0 Å². The first kappa shape index (κ1) is 22.3. The molecule has 0 unspecified atom stereocenters. The van der Waals surface area contributed by atoms with Crippen molar-refractivity contribution in [2.75, 3.05) is 49.8 Å². The Balaban J connectivity index is 1.67. The van der Waals surface area contributed by atoms with Crippen LogP contribution in [-0.4, -0.2) is 45.9 Å². The van der Waals surface area contributed by atoms with Gasteiger partial charge in [-0.15, -0.1) is 0 Å². The fraction of sp³-hybridized carbons (Fsp3) is 0.385. The molecule has 0 spiro atoms. The van der Waals surface area contributed by atoms with Gasteiger partial charge in [0.1, 0.15) is 17.1 Å². The van der Waals surface area contributed by atoms with Crippen molar-refractivity contribution in [3.63, 3.8) is 0 Å². The maximum Gasteiger partial charge on any atom is 0.308 e. The van der Waals surface area contributed by atoms with Gasteiger partial charge < -0.3 is 28.4 Å². The molecule has 0 amide bonds. The van der Waals surface area contributed by atoms with Crippen molar-refractivity contribution < 1.29 is 23.4 Å². The number of methoxy groups -OCH3 is 1. The van der Waals surface area contributed by atoms with Crippen LogP contribution < -0.4 is 24.7 Å². The first-order chi connectivity index (χ1) is 16.5. The molecule has 2 fully saturated rings. The van der Waals surface area contributed by atoms with E-state index in [0.717, 1.165) is 36.4 Å². The van der Waals surface area contributed by atoms with E-state index < -0.39 is 5.97 Å². The van der Waals surface area contributed by atoms with Gasteiger partial charge in [0.15, 0.2) is 11.3 Å². The van der Waals surface area contributed by atoms with E-state index in [0.29, 0.717) is 48.9 Å². The SMILES string of the molecule is COc1ccccc1N1CCC[C@@H]1c1cc(OC(C)=O)cc2c(=O)cc(N3CCOCC3)oc12. The highest BCUT2D eigenvalue weighted by Crippen LogP contribution is 2.43. The first-order valence-corrected chi connectivity index (χ1v) is 11.6. The lowest BCUT2D eigenvalue weighted by Gasteiger charge is -2.30. The van der Waals surface area contributed by atoms with Crippen molar-refractivity contribution in [3.8, 4) is 11.5 Å². The molecule has 8 heteroatoms. The Labute approximate surface area is 197 Å². The summed E-state index contributed by atoms with van der Waals surface area (Å²) < 4.78 is 22.9. The fourth-order valence-electron chi connectivity index (χ4n) is 4.90. The Morgan fingerprint density at radius 3 is 2.65 bits per heavy atom. The maximum absolute atomic E-state index is 13.2. The van der Waals surface area contributed by atoms with Crippen molar-refractivity contribution in [2.24, 2.45) is 0 Å². The second-order valence-electron chi connectivity index (χ2n) is 8.55. The van der Waals surface area contributed by atoms with Crippen molar-refractivity contribution in [3.05, 3.63) is 58.3 Å². The second kappa shape index (κ2) is 9.38. The summed E-state index contributed by atoms with van der Waals surface area (Å²) in [6.07, 6.45) is 1.83. The predicted octanol–water partition coefficient (Wildman–Crippen LogP) is 3.91. The highest BCUT2D eigenvalue weighted by Gasteiger charge is 2.31. The zero-order valence-corrected chi connectivity index (χ0v) is 19.4. The van der Waals surface area contributed by atoms with Crippen LogP contribution in [0.15, 0.2) is 51.7 Å². The molecule has 2 saturated heterocycles. The summed E-state index contributed by atoms with van der Waals surface area (Å²) in [4.78, 5) is 29.2. The first-order valence-electron chi connectivity index (χ1n) is 11.6. The van der Waals surface area contributed by atoms with Gasteiger partial charge in [-0.25, -0.2) is 0 Å². The van der Waals surface area contributed by atoms with Crippen LogP contribution in [0.5, 0.6) is 11.5 Å². The molecule has 2 aliphatic heterocycles. The Morgan fingerprint density at radius 1 is 1.09 bits per heavy atom. The minimum atomic E-state index is -0.437. The number of para-hydroxylation sites is 2. The number of rotatable bonds is 5. The molecule has 0 radical (unpaired) electrons. The monoisotopic (exact) mass is 464 g/mol. The second-order valence-corrected chi connectivity index (χ2v) is 8.55. The standard InChI is InChI=1S/C26H28N2O6/c1-17(29)33-18-14-19(21-7-5-9-28(21)22-6-3-4-8-24(22)31-2)26-20(15-18)23(30)16-25(34-26)27-10-12-32-13-11-27/h3-4,6,8,14-16,21H,5,7,9-13H2,1-2H3/t21-/m1/s1. The number of esters is 1. The fourth-order valence-corrected chi connectivity index (χ4v) is 4.90. The summed E-state index contributed by atoms with van der Waals surface area (Å²) in [6.45, 7) is 4.68. The molecule has 0 bridgehead atoms. The van der Waals surface area contributed by atoms with Crippen LogP contribution in [0.4, 0.5) is 11.6 Å². The number of carbonyl (C=O) groups excluding carboxylic acids is 1. The molecule has 0 aliphatic carbocycles. The van der Waals surface area contributed by atoms with Gasteiger partial charge in [0.05, 0.1) is 37.4 Å². The van der Waals surface area contributed by atoms with Gasteiger partial charge in [-0.2, -0.15) is 0 Å². The molecule has 3 heterocycles. The van der Waals surface area contributed by atoms with Crippen LogP contribution in [0, 0.1) is 0 Å².